The number of pyridine rings is 1. The maximum atomic E-state index is 12.2. The molecule has 4 N–H and O–H groups in total. The molecule has 7 nitrogen and oxygen atoms in total. The first-order valence-corrected chi connectivity index (χ1v) is 10.9. The Morgan fingerprint density at radius 3 is 2.77 bits per heavy atom. The Labute approximate surface area is 194 Å². The van der Waals surface area contributed by atoms with Crippen molar-refractivity contribution in [3.8, 4) is 6.07 Å². The number of rotatable bonds is 5. The van der Waals surface area contributed by atoms with E-state index in [1.807, 2.05) is 20.0 Å². The number of aromatic nitrogens is 1. The van der Waals surface area contributed by atoms with E-state index in [0.29, 0.717) is 49.2 Å². The fourth-order valence-corrected chi connectivity index (χ4v) is 4.72. The molecule has 1 amide bonds. The molecule has 0 unspecified atom stereocenters. The van der Waals surface area contributed by atoms with Gasteiger partial charge in [-0.25, -0.2) is 9.98 Å². The van der Waals surface area contributed by atoms with Crippen LogP contribution >= 0.6 is 35.0 Å². The van der Waals surface area contributed by atoms with E-state index in [-0.39, 0.29) is 0 Å². The van der Waals surface area contributed by atoms with Crippen molar-refractivity contribution >= 4 is 46.0 Å². The number of allylic oxidation sites excluding steroid dienone is 1. The molecule has 0 radical (unpaired) electrons. The molecule has 10 heteroatoms. The molecule has 0 spiro atoms. The van der Waals surface area contributed by atoms with Gasteiger partial charge in [-0.1, -0.05) is 35.3 Å². The average molecular weight is 475 g/mol. The third-order valence-electron chi connectivity index (χ3n) is 4.63. The first-order valence-electron chi connectivity index (χ1n) is 9.29. The number of amidine groups is 1. The molecule has 1 aliphatic rings. The lowest BCUT2D eigenvalue weighted by atomic mass is 9.96. The van der Waals surface area contributed by atoms with Crippen molar-refractivity contribution in [2.45, 2.75) is 31.5 Å². The molecule has 0 fully saturated rings. The molecule has 0 saturated carbocycles. The highest BCUT2D eigenvalue weighted by molar-refractivity contribution is 8.13. The monoisotopic (exact) mass is 474 g/mol. The summed E-state index contributed by atoms with van der Waals surface area (Å²) in [7, 11) is 1.81. The summed E-state index contributed by atoms with van der Waals surface area (Å²) < 4.78 is 0. The van der Waals surface area contributed by atoms with Crippen molar-refractivity contribution < 1.29 is 4.79 Å². The van der Waals surface area contributed by atoms with Crippen molar-refractivity contribution in [2.24, 2.45) is 10.7 Å². The van der Waals surface area contributed by atoms with Crippen LogP contribution in [-0.2, 0) is 11.3 Å². The molecule has 2 aromatic rings. The number of halogens is 2. The molecule has 31 heavy (non-hydrogen) atoms. The van der Waals surface area contributed by atoms with Crippen LogP contribution in [0.4, 0.5) is 0 Å². The van der Waals surface area contributed by atoms with E-state index in [4.69, 9.17) is 28.9 Å². The second-order valence-corrected chi connectivity index (χ2v) is 8.62. The van der Waals surface area contributed by atoms with E-state index < -0.39 is 11.9 Å². The van der Waals surface area contributed by atoms with E-state index >= 15 is 0 Å². The van der Waals surface area contributed by atoms with Gasteiger partial charge in [0, 0.05) is 23.5 Å². The number of thioether (sulfide) groups is 1. The lowest BCUT2D eigenvalue weighted by molar-refractivity contribution is -0.114. The van der Waals surface area contributed by atoms with E-state index in [1.54, 1.807) is 25.1 Å². The standard InChI is InChI=1S/C21H20Cl2N6OS/c1-10-7-12(9-26-3)14(8-24)20(27-10)31-21-28-11(2)16(19(25)30)18(29-21)13-5-4-6-15(22)17(13)23/h4-7,18,26H,9H2,1-3H3,(H2,25,30)(H,28,29)/t18-/m1/s1. The van der Waals surface area contributed by atoms with Crippen molar-refractivity contribution in [3.63, 3.8) is 0 Å². The molecule has 1 aromatic carbocycles. The van der Waals surface area contributed by atoms with Crippen molar-refractivity contribution in [1.29, 1.82) is 5.26 Å². The van der Waals surface area contributed by atoms with Crippen molar-refractivity contribution in [1.82, 2.24) is 15.6 Å². The highest BCUT2D eigenvalue weighted by Crippen LogP contribution is 2.39. The third-order valence-corrected chi connectivity index (χ3v) is 6.35. The summed E-state index contributed by atoms with van der Waals surface area (Å²) in [5.74, 6) is -0.610. The minimum atomic E-state index is -0.737. The number of nitrogens with one attached hydrogen (secondary N) is 2. The van der Waals surface area contributed by atoms with E-state index in [0.717, 1.165) is 11.3 Å². The van der Waals surface area contributed by atoms with Crippen molar-refractivity contribution in [2.75, 3.05) is 7.05 Å². The minimum Gasteiger partial charge on any atom is -0.366 e. The Morgan fingerprint density at radius 2 is 2.13 bits per heavy atom. The summed E-state index contributed by atoms with van der Waals surface area (Å²) in [5, 5.41) is 17.5. The lowest BCUT2D eigenvalue weighted by Crippen LogP contribution is -2.32. The topological polar surface area (TPSA) is 116 Å². The molecule has 0 saturated heterocycles. The second-order valence-electron chi connectivity index (χ2n) is 6.85. The van der Waals surface area contributed by atoms with Crippen LogP contribution in [0.2, 0.25) is 10.0 Å². The number of nitrogens with two attached hydrogens (primary N) is 1. The van der Waals surface area contributed by atoms with Crippen LogP contribution in [0.15, 0.2) is 45.6 Å². The fraction of sp³-hybridized carbons (Fsp3) is 0.238. The summed E-state index contributed by atoms with van der Waals surface area (Å²) >= 11 is 13.8. The van der Waals surface area contributed by atoms with Gasteiger partial charge in [-0.2, -0.15) is 5.26 Å². The zero-order chi connectivity index (χ0) is 22.7. The SMILES string of the molecule is CNCc1cc(C)nc(SC2=N[C@H](c3cccc(Cl)c3Cl)C(C(N)=O)=C(C)N2)c1C#N. The number of benzene rings is 1. The van der Waals surface area contributed by atoms with Gasteiger partial charge in [-0.3, -0.25) is 4.79 Å². The number of primary amides is 1. The van der Waals surface area contributed by atoms with Gasteiger partial charge in [0.2, 0.25) is 5.91 Å². The molecule has 160 valence electrons. The normalized spacial score (nSPS) is 15.9. The summed E-state index contributed by atoms with van der Waals surface area (Å²) in [6.45, 7) is 4.14. The maximum Gasteiger partial charge on any atom is 0.248 e. The number of nitriles is 1. The summed E-state index contributed by atoms with van der Waals surface area (Å²) in [6.07, 6.45) is 0. The van der Waals surface area contributed by atoms with Gasteiger partial charge in [-0.15, -0.1) is 0 Å². The Morgan fingerprint density at radius 1 is 1.39 bits per heavy atom. The van der Waals surface area contributed by atoms with Crippen LogP contribution in [0.25, 0.3) is 0 Å². The smallest absolute Gasteiger partial charge is 0.248 e. The molecule has 0 bridgehead atoms. The summed E-state index contributed by atoms with van der Waals surface area (Å²) in [4.78, 5) is 21.4. The highest BCUT2D eigenvalue weighted by atomic mass is 35.5. The number of hydrogen-bond acceptors (Lipinski definition) is 7. The van der Waals surface area contributed by atoms with E-state index in [2.05, 4.69) is 26.7 Å². The van der Waals surface area contributed by atoms with Gasteiger partial charge in [0.25, 0.3) is 0 Å². The molecule has 1 aliphatic heterocycles. The Hall–Kier alpha value is -2.57. The van der Waals surface area contributed by atoms with Gasteiger partial charge in [0.1, 0.15) is 17.1 Å². The molecule has 3 rings (SSSR count). The predicted molar refractivity (Wildman–Crippen MR) is 124 cm³/mol. The number of carbonyl (C=O) groups is 1. The lowest BCUT2D eigenvalue weighted by Gasteiger charge is -2.26. The highest BCUT2D eigenvalue weighted by Gasteiger charge is 2.30. The van der Waals surface area contributed by atoms with Gasteiger partial charge in [0.15, 0.2) is 5.17 Å². The molecule has 0 aliphatic carbocycles. The molecule has 2 heterocycles. The quantitative estimate of drug-likeness (QED) is 0.605. The predicted octanol–water partition coefficient (Wildman–Crippen LogP) is 3.84. The van der Waals surface area contributed by atoms with Gasteiger partial charge < -0.3 is 16.4 Å². The molecule has 1 atom stereocenters. The van der Waals surface area contributed by atoms with Gasteiger partial charge >= 0.3 is 0 Å². The van der Waals surface area contributed by atoms with Crippen LogP contribution in [0.3, 0.4) is 0 Å². The number of aryl methyl sites for hydroxylation is 1. The van der Waals surface area contributed by atoms with E-state index in [1.165, 1.54) is 11.8 Å². The van der Waals surface area contributed by atoms with Gasteiger partial charge in [0.05, 0.1) is 21.2 Å². The summed E-state index contributed by atoms with van der Waals surface area (Å²) in [6, 6.07) is 8.52. The van der Waals surface area contributed by atoms with Crippen LogP contribution in [0.5, 0.6) is 0 Å². The van der Waals surface area contributed by atoms with Crippen LogP contribution in [0, 0.1) is 18.3 Å². The zero-order valence-corrected chi connectivity index (χ0v) is 19.4. The zero-order valence-electron chi connectivity index (χ0n) is 17.1. The number of carbonyl (C=O) groups excluding carboxylic acids is 1. The van der Waals surface area contributed by atoms with E-state index in [9.17, 15) is 10.1 Å². The maximum absolute atomic E-state index is 12.2. The van der Waals surface area contributed by atoms with Crippen LogP contribution in [-0.4, -0.2) is 23.1 Å². The minimum absolute atomic E-state index is 0.294. The number of aliphatic imine (C=N–C) groups is 1. The summed E-state index contributed by atoms with van der Waals surface area (Å²) in [5.41, 5.74) is 9.14. The fourth-order valence-electron chi connectivity index (χ4n) is 3.30. The Bertz CT molecular complexity index is 1160. The number of amides is 1. The number of hydrogen-bond donors (Lipinski definition) is 3. The molecule has 1 aromatic heterocycles. The first-order chi connectivity index (χ1) is 14.8. The van der Waals surface area contributed by atoms with Crippen LogP contribution < -0.4 is 16.4 Å². The average Bonchev–Trinajstić information content (AvgIpc) is 2.69. The second kappa shape index (κ2) is 9.71. The molecular formula is C21H20Cl2N6OS. The molecular weight excluding hydrogens is 455 g/mol. The first kappa shape index (κ1) is 23.1. The van der Waals surface area contributed by atoms with Gasteiger partial charge in [-0.05, 0) is 50.4 Å². The van der Waals surface area contributed by atoms with Crippen LogP contribution in [0.1, 0.15) is 35.3 Å². The Kier molecular flexibility index (Phi) is 7.23. The van der Waals surface area contributed by atoms with Crippen molar-refractivity contribution in [3.05, 3.63) is 68.0 Å². The number of nitrogens with zero attached hydrogens (tertiary/aromatic N) is 3. The third kappa shape index (κ3) is 4.86. The Balaban J connectivity index is 2.09. The largest absolute Gasteiger partial charge is 0.366 e.